The maximum absolute atomic E-state index is 9.39. The third-order valence-electron chi connectivity index (χ3n) is 1.35. The number of phenols is 2. The third kappa shape index (κ3) is 1.66. The Bertz CT molecular complexity index is 373. The fourth-order valence-corrected chi connectivity index (χ4v) is 0.735. The molecule has 4 heteroatoms. The Morgan fingerprint density at radius 3 is 2.58 bits per heavy atom. The largest absolute Gasteiger partial charge is 0.504 e. The van der Waals surface area contributed by atoms with E-state index in [2.05, 4.69) is 0 Å². The number of phenolic OH excluding ortho intramolecular Hbond substituents is 2. The van der Waals surface area contributed by atoms with Gasteiger partial charge in [-0.25, -0.2) is 0 Å². The van der Waals surface area contributed by atoms with Gasteiger partial charge in [0.05, 0.1) is 10.7 Å². The molecule has 4 N–H and O–H groups in total. The van der Waals surface area contributed by atoms with Crippen LogP contribution in [0.3, 0.4) is 0 Å². The van der Waals surface area contributed by atoms with Gasteiger partial charge in [0.1, 0.15) is 6.08 Å². The molecule has 66 valence electrons. The average molecular weight is 173 g/mol. The Morgan fingerprint density at radius 1 is 1.42 bits per heavy atom. The molecular formula is C8H10O4. The Balaban J connectivity index is 3.22. The molecule has 0 radical (unpaired) electrons. The van der Waals surface area contributed by atoms with Gasteiger partial charge in [0.15, 0.2) is 11.5 Å². The van der Waals surface area contributed by atoms with Gasteiger partial charge in [0.25, 0.3) is 0 Å². The van der Waals surface area contributed by atoms with Crippen LogP contribution < -0.4 is 0 Å². The van der Waals surface area contributed by atoms with Crippen molar-refractivity contribution in [2.24, 2.45) is 0 Å². The second-order valence-corrected chi connectivity index (χ2v) is 2.16. The Labute approximate surface area is 73.6 Å². The molecular weight excluding hydrogens is 160 g/mol. The lowest BCUT2D eigenvalue weighted by atomic mass is 10.1. The Hall–Kier alpha value is -1.26. The van der Waals surface area contributed by atoms with Crippen LogP contribution in [0.5, 0.6) is 11.5 Å². The number of hydrogen-bond acceptors (Lipinski definition) is 4. The minimum Gasteiger partial charge on any atom is -0.504 e. The van der Waals surface area contributed by atoms with Gasteiger partial charge < -0.3 is 20.4 Å². The first kappa shape index (κ1) is 5.40. The molecule has 0 aromatic heterocycles. The molecule has 0 aliphatic heterocycles. The van der Waals surface area contributed by atoms with Crippen molar-refractivity contribution in [2.45, 2.75) is 6.08 Å². The normalized spacial score (nSPS) is 20.3. The summed E-state index contributed by atoms with van der Waals surface area (Å²) in [5.74, 6) is -1.07. The van der Waals surface area contributed by atoms with Crippen LogP contribution in [-0.4, -0.2) is 27.0 Å². The molecule has 0 bridgehead atoms. The summed E-state index contributed by atoms with van der Waals surface area (Å²) < 4.78 is 20.9. The number of aromatic hydroxyl groups is 2. The molecule has 0 aliphatic carbocycles. The molecule has 1 aromatic carbocycles. The number of rotatable bonds is 2. The Morgan fingerprint density at radius 2 is 2.08 bits per heavy atom. The van der Waals surface area contributed by atoms with Gasteiger partial charge in [-0.2, -0.15) is 0 Å². The highest BCUT2D eigenvalue weighted by Gasteiger charge is 2.07. The first-order chi connectivity index (χ1) is 6.66. The summed E-state index contributed by atoms with van der Waals surface area (Å²) >= 11 is 0. The first-order valence-electron chi connectivity index (χ1n) is 4.63. The molecule has 0 fully saturated rings. The van der Waals surface area contributed by atoms with Gasteiger partial charge in [0, 0.05) is 0 Å². The maximum Gasteiger partial charge on any atom is 0.157 e. The summed E-state index contributed by atoms with van der Waals surface area (Å²) in [5, 5.41) is 36.3. The van der Waals surface area contributed by atoms with Crippen molar-refractivity contribution in [1.29, 1.82) is 0 Å². The van der Waals surface area contributed by atoms with Crippen LogP contribution in [0.2, 0.25) is 0 Å². The van der Waals surface area contributed by atoms with E-state index in [1.54, 1.807) is 0 Å². The molecule has 0 saturated heterocycles. The quantitative estimate of drug-likeness (QED) is 0.479. The van der Waals surface area contributed by atoms with E-state index in [1.807, 2.05) is 0 Å². The summed E-state index contributed by atoms with van der Waals surface area (Å²) in [4.78, 5) is 0. The van der Waals surface area contributed by atoms with Crippen molar-refractivity contribution in [2.75, 3.05) is 6.56 Å². The van der Waals surface area contributed by atoms with Gasteiger partial charge in [-0.05, 0) is 17.7 Å². The first-order valence-corrected chi connectivity index (χ1v) is 3.13. The van der Waals surface area contributed by atoms with Crippen LogP contribution in [0.15, 0.2) is 18.2 Å². The Kier molecular flexibility index (Phi) is 1.54. The SMILES string of the molecule is [2H]C([2H])(O)C([2H])(O)c1ccc(O)c(O)c1. The van der Waals surface area contributed by atoms with Crippen LogP contribution in [-0.2, 0) is 0 Å². The number of hydrogen-bond donors (Lipinski definition) is 4. The minimum absolute atomic E-state index is 0.370. The zero-order valence-electron chi connectivity index (χ0n) is 9.02. The van der Waals surface area contributed by atoms with E-state index in [-0.39, 0.29) is 5.56 Å². The fraction of sp³-hybridized carbons (Fsp3) is 0.250. The number of benzene rings is 1. The predicted octanol–water partition coefficient (Wildman–Crippen LogP) is 0.123. The van der Waals surface area contributed by atoms with E-state index < -0.39 is 24.1 Å². The summed E-state index contributed by atoms with van der Waals surface area (Å²) in [5.41, 5.74) is -0.370. The minimum atomic E-state index is -3.18. The van der Waals surface area contributed by atoms with E-state index in [9.17, 15) is 5.11 Å². The van der Waals surface area contributed by atoms with Crippen molar-refractivity contribution >= 4 is 0 Å². The van der Waals surface area contributed by atoms with Gasteiger partial charge >= 0.3 is 0 Å². The maximum atomic E-state index is 9.39. The number of aliphatic hydroxyl groups is 2. The van der Waals surface area contributed by atoms with Crippen LogP contribution in [0, 0.1) is 0 Å². The van der Waals surface area contributed by atoms with E-state index in [1.165, 1.54) is 0 Å². The van der Waals surface area contributed by atoms with Gasteiger partial charge in [-0.1, -0.05) is 6.07 Å². The molecule has 1 aromatic rings. The molecule has 0 aliphatic rings. The van der Waals surface area contributed by atoms with E-state index in [0.29, 0.717) is 0 Å². The molecule has 0 spiro atoms. The highest BCUT2D eigenvalue weighted by Crippen LogP contribution is 2.27. The zero-order chi connectivity index (χ0) is 11.9. The predicted molar refractivity (Wildman–Crippen MR) is 41.8 cm³/mol. The molecule has 1 unspecified atom stereocenters. The lowest BCUT2D eigenvalue weighted by Gasteiger charge is -2.07. The second-order valence-electron chi connectivity index (χ2n) is 2.16. The topological polar surface area (TPSA) is 80.9 Å². The van der Waals surface area contributed by atoms with E-state index in [0.717, 1.165) is 18.2 Å². The van der Waals surface area contributed by atoms with Crippen LogP contribution in [0.1, 0.15) is 15.8 Å². The summed E-state index contributed by atoms with van der Waals surface area (Å²) in [6, 6.07) is 2.81. The molecule has 1 rings (SSSR count). The van der Waals surface area contributed by atoms with E-state index in [4.69, 9.17) is 19.4 Å². The van der Waals surface area contributed by atoms with Gasteiger partial charge in [0.2, 0.25) is 0 Å². The molecule has 4 nitrogen and oxygen atoms in total. The van der Waals surface area contributed by atoms with Crippen molar-refractivity contribution < 1.29 is 24.5 Å². The average Bonchev–Trinajstić information content (AvgIpc) is 2.07. The monoisotopic (exact) mass is 173 g/mol. The smallest absolute Gasteiger partial charge is 0.157 e. The van der Waals surface area contributed by atoms with Gasteiger partial charge in [-0.3, -0.25) is 0 Å². The van der Waals surface area contributed by atoms with Gasteiger partial charge in [-0.15, -0.1) is 0 Å². The lowest BCUT2D eigenvalue weighted by molar-refractivity contribution is 0.0954. The van der Waals surface area contributed by atoms with Crippen LogP contribution in [0.25, 0.3) is 0 Å². The van der Waals surface area contributed by atoms with Crippen molar-refractivity contribution in [3.8, 4) is 11.5 Å². The molecule has 1 atom stereocenters. The molecule has 12 heavy (non-hydrogen) atoms. The molecule has 0 amide bonds. The fourth-order valence-electron chi connectivity index (χ4n) is 0.735. The second kappa shape index (κ2) is 3.42. The molecule has 0 saturated carbocycles. The third-order valence-corrected chi connectivity index (χ3v) is 1.35. The van der Waals surface area contributed by atoms with Crippen LogP contribution >= 0.6 is 0 Å². The summed E-state index contributed by atoms with van der Waals surface area (Å²) in [6.45, 7) is -3.18. The lowest BCUT2D eigenvalue weighted by Crippen LogP contribution is -2.01. The van der Waals surface area contributed by atoms with Crippen molar-refractivity contribution in [1.82, 2.24) is 0 Å². The standard InChI is InChI=1S/C8H10O4/c9-4-8(12)5-1-2-6(10)7(11)3-5/h1-3,8-12H,4H2/i4D2,8D. The highest BCUT2D eigenvalue weighted by molar-refractivity contribution is 5.41. The highest BCUT2D eigenvalue weighted by atomic mass is 16.3. The molecule has 0 heterocycles. The summed E-state index contributed by atoms with van der Waals surface area (Å²) in [7, 11) is 0. The zero-order valence-corrected chi connectivity index (χ0v) is 6.02. The van der Waals surface area contributed by atoms with E-state index >= 15 is 0 Å². The van der Waals surface area contributed by atoms with Crippen LogP contribution in [0.4, 0.5) is 0 Å². The van der Waals surface area contributed by atoms with Crippen molar-refractivity contribution in [3.63, 3.8) is 0 Å². The summed E-state index contributed by atoms with van der Waals surface area (Å²) in [6.07, 6.45) is -2.92. The van der Waals surface area contributed by atoms with Crippen molar-refractivity contribution in [3.05, 3.63) is 23.8 Å².